The van der Waals surface area contributed by atoms with E-state index in [0.29, 0.717) is 13.2 Å². The molecule has 0 spiro atoms. The van der Waals surface area contributed by atoms with Gasteiger partial charge in [-0.1, -0.05) is 11.3 Å². The first-order valence-corrected chi connectivity index (χ1v) is 6.07. The smallest absolute Gasteiger partial charge is 0.183 e. The fraction of sp³-hybridized carbons (Fsp3) is 0.364. The van der Waals surface area contributed by atoms with Crippen LogP contribution in [0.2, 0.25) is 0 Å². The number of benzene rings is 1. The highest BCUT2D eigenvalue weighted by Crippen LogP contribution is 2.27. The summed E-state index contributed by atoms with van der Waals surface area (Å²) >= 11 is 1.52. The molecule has 0 fully saturated rings. The lowest BCUT2D eigenvalue weighted by Crippen LogP contribution is -2.23. The van der Waals surface area contributed by atoms with Crippen molar-refractivity contribution in [3.63, 3.8) is 0 Å². The van der Waals surface area contributed by atoms with Gasteiger partial charge in [0.05, 0.1) is 22.9 Å². The highest BCUT2D eigenvalue weighted by Gasteiger charge is 2.06. The number of nitrogen functional groups attached to an aromatic ring is 1. The first-order valence-electron chi connectivity index (χ1n) is 5.26. The quantitative estimate of drug-likeness (QED) is 0.700. The molecule has 1 unspecified atom stereocenters. The van der Waals surface area contributed by atoms with E-state index in [-0.39, 0.29) is 0 Å². The molecule has 0 amide bonds. The van der Waals surface area contributed by atoms with Gasteiger partial charge in [-0.25, -0.2) is 4.98 Å². The van der Waals surface area contributed by atoms with Crippen LogP contribution in [-0.2, 0) is 4.74 Å². The molecule has 0 aliphatic heterocycles. The Morgan fingerprint density at radius 1 is 1.59 bits per heavy atom. The number of ether oxygens (including phenoxy) is 1. The summed E-state index contributed by atoms with van der Waals surface area (Å²) in [6, 6.07) is 5.60. The Kier molecular flexibility index (Phi) is 3.78. The van der Waals surface area contributed by atoms with Crippen LogP contribution in [0.5, 0.6) is 0 Å². The second-order valence-corrected chi connectivity index (χ2v) is 4.77. The van der Waals surface area contributed by atoms with Crippen LogP contribution < -0.4 is 11.1 Å². The van der Waals surface area contributed by atoms with Gasteiger partial charge in [-0.2, -0.15) is 0 Å². The van der Waals surface area contributed by atoms with Crippen molar-refractivity contribution in [1.82, 2.24) is 4.98 Å². The number of aliphatic hydroxyl groups excluding tert-OH is 1. The molecule has 0 radical (unpaired) electrons. The third kappa shape index (κ3) is 3.06. The average Bonchev–Trinajstić information content (AvgIpc) is 2.68. The molecule has 0 saturated heterocycles. The number of methoxy groups -OCH3 is 1. The zero-order chi connectivity index (χ0) is 12.3. The fourth-order valence-electron chi connectivity index (χ4n) is 1.47. The SMILES string of the molecule is COCC(O)CNc1nc2ccc(N)cc2s1. The topological polar surface area (TPSA) is 80.4 Å². The van der Waals surface area contributed by atoms with Crippen LogP contribution >= 0.6 is 11.3 Å². The number of thiazole rings is 1. The lowest BCUT2D eigenvalue weighted by atomic mass is 10.3. The van der Waals surface area contributed by atoms with Crippen LogP contribution in [-0.4, -0.2) is 36.5 Å². The van der Waals surface area contributed by atoms with E-state index < -0.39 is 6.10 Å². The Labute approximate surface area is 103 Å². The molecule has 2 rings (SSSR count). The summed E-state index contributed by atoms with van der Waals surface area (Å²) < 4.78 is 5.88. The molecule has 1 aromatic heterocycles. The van der Waals surface area contributed by atoms with Crippen molar-refractivity contribution < 1.29 is 9.84 Å². The van der Waals surface area contributed by atoms with Gasteiger partial charge in [0.1, 0.15) is 0 Å². The molecule has 92 valence electrons. The Bertz CT molecular complexity index is 500. The van der Waals surface area contributed by atoms with E-state index in [1.807, 2.05) is 18.2 Å². The minimum absolute atomic E-state index is 0.310. The third-order valence-corrected chi connectivity index (χ3v) is 3.24. The van der Waals surface area contributed by atoms with E-state index in [2.05, 4.69) is 10.3 Å². The third-order valence-electron chi connectivity index (χ3n) is 2.26. The zero-order valence-electron chi connectivity index (χ0n) is 9.51. The van der Waals surface area contributed by atoms with Crippen LogP contribution in [0.15, 0.2) is 18.2 Å². The van der Waals surface area contributed by atoms with Crippen LogP contribution in [0.25, 0.3) is 10.2 Å². The van der Waals surface area contributed by atoms with Gasteiger partial charge >= 0.3 is 0 Å². The van der Waals surface area contributed by atoms with Crippen molar-refractivity contribution in [3.05, 3.63) is 18.2 Å². The zero-order valence-corrected chi connectivity index (χ0v) is 10.3. The average molecular weight is 253 g/mol. The Balaban J connectivity index is 2.04. The predicted octanol–water partition coefficient (Wildman–Crippen LogP) is 1.30. The van der Waals surface area contributed by atoms with E-state index in [1.54, 1.807) is 7.11 Å². The molecule has 2 aromatic rings. The van der Waals surface area contributed by atoms with E-state index in [4.69, 9.17) is 10.5 Å². The number of nitrogens with zero attached hydrogens (tertiary/aromatic N) is 1. The molecule has 5 nitrogen and oxygen atoms in total. The summed E-state index contributed by atoms with van der Waals surface area (Å²) in [6.45, 7) is 0.730. The monoisotopic (exact) mass is 253 g/mol. The number of fused-ring (bicyclic) bond motifs is 1. The van der Waals surface area contributed by atoms with Crippen LogP contribution in [0.1, 0.15) is 0 Å². The number of anilines is 2. The van der Waals surface area contributed by atoms with E-state index in [9.17, 15) is 5.11 Å². The minimum atomic E-state index is -0.530. The van der Waals surface area contributed by atoms with Crippen molar-refractivity contribution in [3.8, 4) is 0 Å². The lowest BCUT2D eigenvalue weighted by Gasteiger charge is -2.09. The lowest BCUT2D eigenvalue weighted by molar-refractivity contribution is 0.0727. The summed E-state index contributed by atoms with van der Waals surface area (Å²) in [6.07, 6.45) is -0.530. The molecule has 1 atom stereocenters. The number of aliphatic hydroxyl groups is 1. The number of rotatable bonds is 5. The van der Waals surface area contributed by atoms with Crippen molar-refractivity contribution >= 4 is 32.4 Å². The van der Waals surface area contributed by atoms with Crippen molar-refractivity contribution in [2.24, 2.45) is 0 Å². The number of hydrogen-bond donors (Lipinski definition) is 3. The molecule has 1 heterocycles. The van der Waals surface area contributed by atoms with Gasteiger partial charge < -0.3 is 20.9 Å². The van der Waals surface area contributed by atoms with Gasteiger partial charge in [-0.05, 0) is 18.2 Å². The van der Waals surface area contributed by atoms with Crippen molar-refractivity contribution in [2.45, 2.75) is 6.10 Å². The molecular formula is C11H15N3O2S. The van der Waals surface area contributed by atoms with Crippen LogP contribution in [0.4, 0.5) is 10.8 Å². The van der Waals surface area contributed by atoms with Gasteiger partial charge in [-0.3, -0.25) is 0 Å². The molecular weight excluding hydrogens is 238 g/mol. The maximum atomic E-state index is 9.50. The predicted molar refractivity (Wildman–Crippen MR) is 70.4 cm³/mol. The van der Waals surface area contributed by atoms with Crippen molar-refractivity contribution in [1.29, 1.82) is 0 Å². The molecule has 0 bridgehead atoms. The van der Waals surface area contributed by atoms with E-state index >= 15 is 0 Å². The van der Waals surface area contributed by atoms with Gasteiger partial charge in [0, 0.05) is 19.3 Å². The Hall–Kier alpha value is -1.37. The fourth-order valence-corrected chi connectivity index (χ4v) is 2.39. The number of aromatic nitrogens is 1. The highest BCUT2D eigenvalue weighted by atomic mass is 32.1. The largest absolute Gasteiger partial charge is 0.399 e. The molecule has 0 aliphatic carbocycles. The van der Waals surface area contributed by atoms with Gasteiger partial charge in [-0.15, -0.1) is 0 Å². The standard InChI is InChI=1S/C11H15N3O2S/c1-16-6-8(15)5-13-11-14-9-3-2-7(12)4-10(9)17-11/h2-4,8,15H,5-6,12H2,1H3,(H,13,14). The maximum Gasteiger partial charge on any atom is 0.183 e. The van der Waals surface area contributed by atoms with Gasteiger partial charge in [0.2, 0.25) is 0 Å². The molecule has 17 heavy (non-hydrogen) atoms. The minimum Gasteiger partial charge on any atom is -0.399 e. The van der Waals surface area contributed by atoms with Gasteiger partial charge in [0.15, 0.2) is 5.13 Å². The summed E-state index contributed by atoms with van der Waals surface area (Å²) in [7, 11) is 1.56. The van der Waals surface area contributed by atoms with Crippen LogP contribution in [0, 0.1) is 0 Å². The molecule has 4 N–H and O–H groups in total. The second-order valence-electron chi connectivity index (χ2n) is 3.74. The highest BCUT2D eigenvalue weighted by molar-refractivity contribution is 7.22. The Morgan fingerprint density at radius 3 is 3.18 bits per heavy atom. The van der Waals surface area contributed by atoms with Crippen molar-refractivity contribution in [2.75, 3.05) is 31.3 Å². The Morgan fingerprint density at radius 2 is 2.41 bits per heavy atom. The molecule has 0 aliphatic rings. The maximum absolute atomic E-state index is 9.50. The number of nitrogens with two attached hydrogens (primary N) is 1. The summed E-state index contributed by atoms with van der Waals surface area (Å²) in [5, 5.41) is 13.4. The first kappa shape index (κ1) is 12.1. The second kappa shape index (κ2) is 5.31. The van der Waals surface area contributed by atoms with Gasteiger partial charge in [0.25, 0.3) is 0 Å². The summed E-state index contributed by atoms with van der Waals surface area (Å²) in [5.41, 5.74) is 7.34. The van der Waals surface area contributed by atoms with E-state index in [0.717, 1.165) is 21.0 Å². The number of nitrogens with one attached hydrogen (secondary N) is 1. The summed E-state index contributed by atoms with van der Waals surface area (Å²) in [5.74, 6) is 0. The van der Waals surface area contributed by atoms with E-state index in [1.165, 1.54) is 11.3 Å². The molecule has 0 saturated carbocycles. The first-order chi connectivity index (χ1) is 8.19. The normalized spacial score (nSPS) is 12.8. The molecule has 1 aromatic carbocycles. The number of hydrogen-bond acceptors (Lipinski definition) is 6. The van der Waals surface area contributed by atoms with Crippen LogP contribution in [0.3, 0.4) is 0 Å². The molecule has 6 heteroatoms. The summed E-state index contributed by atoms with van der Waals surface area (Å²) in [4.78, 5) is 4.39.